The van der Waals surface area contributed by atoms with Crippen LogP contribution in [-0.2, 0) is 10.0 Å². The van der Waals surface area contributed by atoms with Crippen molar-refractivity contribution in [3.05, 3.63) is 12.7 Å². The SMILES string of the molecule is C=CCCN(C)S(=O)(=O)CCC1CCCCN1. The van der Waals surface area contributed by atoms with E-state index in [0.717, 1.165) is 19.4 Å². The maximum Gasteiger partial charge on any atom is 0.213 e. The summed E-state index contributed by atoms with van der Waals surface area (Å²) in [5, 5.41) is 3.37. The Labute approximate surface area is 105 Å². The van der Waals surface area contributed by atoms with Crippen molar-refractivity contribution in [1.82, 2.24) is 9.62 Å². The lowest BCUT2D eigenvalue weighted by Gasteiger charge is -2.24. The van der Waals surface area contributed by atoms with Crippen molar-refractivity contribution >= 4 is 10.0 Å². The second-order valence-corrected chi connectivity index (χ2v) is 6.85. The molecule has 17 heavy (non-hydrogen) atoms. The van der Waals surface area contributed by atoms with Gasteiger partial charge < -0.3 is 5.32 Å². The van der Waals surface area contributed by atoms with Crippen LogP contribution < -0.4 is 5.32 Å². The molecule has 0 aromatic carbocycles. The molecular formula is C12H24N2O2S. The Bertz CT molecular complexity index is 321. The highest BCUT2D eigenvalue weighted by atomic mass is 32.2. The molecule has 4 nitrogen and oxygen atoms in total. The number of sulfonamides is 1. The summed E-state index contributed by atoms with van der Waals surface area (Å²) in [5.74, 6) is 0.248. The van der Waals surface area contributed by atoms with Gasteiger partial charge in [-0.1, -0.05) is 12.5 Å². The topological polar surface area (TPSA) is 49.4 Å². The van der Waals surface area contributed by atoms with Crippen LogP contribution in [-0.4, -0.2) is 44.7 Å². The number of hydrogen-bond donors (Lipinski definition) is 1. The predicted molar refractivity (Wildman–Crippen MR) is 71.5 cm³/mol. The van der Waals surface area contributed by atoms with Crippen molar-refractivity contribution < 1.29 is 8.42 Å². The lowest BCUT2D eigenvalue weighted by Crippen LogP contribution is -2.37. The Morgan fingerprint density at radius 2 is 2.24 bits per heavy atom. The summed E-state index contributed by atoms with van der Waals surface area (Å²) in [6.07, 6.45) is 6.70. The van der Waals surface area contributed by atoms with Crippen molar-refractivity contribution in [1.29, 1.82) is 0 Å². The van der Waals surface area contributed by atoms with Gasteiger partial charge >= 0.3 is 0 Å². The molecule has 0 bridgehead atoms. The van der Waals surface area contributed by atoms with Gasteiger partial charge in [0.15, 0.2) is 0 Å². The van der Waals surface area contributed by atoms with Gasteiger partial charge in [0.05, 0.1) is 5.75 Å². The molecule has 0 amide bonds. The largest absolute Gasteiger partial charge is 0.314 e. The fourth-order valence-electron chi connectivity index (χ4n) is 2.03. The molecule has 1 aliphatic rings. The molecule has 1 atom stereocenters. The number of nitrogens with one attached hydrogen (secondary N) is 1. The smallest absolute Gasteiger partial charge is 0.213 e. The van der Waals surface area contributed by atoms with E-state index in [2.05, 4.69) is 11.9 Å². The van der Waals surface area contributed by atoms with E-state index < -0.39 is 10.0 Å². The zero-order chi connectivity index (χ0) is 12.7. The summed E-state index contributed by atoms with van der Waals surface area (Å²) in [5.41, 5.74) is 0. The zero-order valence-corrected chi connectivity index (χ0v) is 11.5. The second-order valence-electron chi connectivity index (χ2n) is 4.65. The van der Waals surface area contributed by atoms with Crippen molar-refractivity contribution in [2.24, 2.45) is 0 Å². The molecule has 5 heteroatoms. The van der Waals surface area contributed by atoms with Gasteiger partial charge in [0.2, 0.25) is 10.0 Å². The van der Waals surface area contributed by atoms with Gasteiger partial charge in [-0.3, -0.25) is 0 Å². The van der Waals surface area contributed by atoms with Crippen molar-refractivity contribution in [2.75, 3.05) is 25.9 Å². The van der Waals surface area contributed by atoms with Crippen LogP contribution in [0.2, 0.25) is 0 Å². The normalized spacial score (nSPS) is 21.6. The van der Waals surface area contributed by atoms with Crippen molar-refractivity contribution in [3.63, 3.8) is 0 Å². The van der Waals surface area contributed by atoms with E-state index in [9.17, 15) is 8.42 Å². The molecule has 1 saturated heterocycles. The van der Waals surface area contributed by atoms with Crippen molar-refractivity contribution in [2.45, 2.75) is 38.1 Å². The minimum absolute atomic E-state index is 0.248. The Hall–Kier alpha value is -0.390. The highest BCUT2D eigenvalue weighted by Crippen LogP contribution is 2.12. The van der Waals surface area contributed by atoms with Gasteiger partial charge in [-0.15, -0.1) is 6.58 Å². The molecule has 0 spiro atoms. The van der Waals surface area contributed by atoms with Gasteiger partial charge in [0.25, 0.3) is 0 Å². The predicted octanol–water partition coefficient (Wildman–Crippen LogP) is 1.36. The van der Waals surface area contributed by atoms with Crippen LogP contribution in [0.3, 0.4) is 0 Å². The Kier molecular flexibility index (Phi) is 6.16. The minimum Gasteiger partial charge on any atom is -0.314 e. The Balaban J connectivity index is 2.34. The lowest BCUT2D eigenvalue weighted by atomic mass is 10.0. The molecule has 0 aromatic rings. The molecule has 0 saturated carbocycles. The first-order chi connectivity index (χ1) is 8.06. The van der Waals surface area contributed by atoms with Gasteiger partial charge in [0.1, 0.15) is 0 Å². The minimum atomic E-state index is -3.09. The van der Waals surface area contributed by atoms with Crippen LogP contribution in [0.25, 0.3) is 0 Å². The molecule has 1 fully saturated rings. The molecular weight excluding hydrogens is 236 g/mol. The summed E-state index contributed by atoms with van der Waals surface area (Å²) in [4.78, 5) is 0. The average molecular weight is 260 g/mol. The van der Waals surface area contributed by atoms with Crippen LogP contribution in [0.4, 0.5) is 0 Å². The standard InChI is InChI=1S/C12H24N2O2S/c1-3-4-10-14(2)17(15,16)11-8-12-7-5-6-9-13-12/h3,12-13H,1,4-11H2,2H3. The van der Waals surface area contributed by atoms with Crippen LogP contribution >= 0.6 is 0 Å². The summed E-state index contributed by atoms with van der Waals surface area (Å²) in [6, 6.07) is 0.381. The van der Waals surface area contributed by atoms with Crippen LogP contribution in [0, 0.1) is 0 Å². The Morgan fingerprint density at radius 3 is 2.82 bits per heavy atom. The maximum atomic E-state index is 11.9. The third-order valence-corrected chi connectivity index (χ3v) is 5.14. The summed E-state index contributed by atoms with van der Waals surface area (Å²) >= 11 is 0. The molecule has 0 aliphatic carbocycles. The molecule has 1 heterocycles. The number of rotatable bonds is 7. The second kappa shape index (κ2) is 7.13. The first kappa shape index (κ1) is 14.7. The quantitative estimate of drug-likeness (QED) is 0.703. The van der Waals surface area contributed by atoms with Gasteiger partial charge in [-0.05, 0) is 32.2 Å². The Morgan fingerprint density at radius 1 is 1.47 bits per heavy atom. The fourth-order valence-corrected chi connectivity index (χ4v) is 3.31. The number of hydrogen-bond acceptors (Lipinski definition) is 3. The van der Waals surface area contributed by atoms with Crippen LogP contribution in [0.1, 0.15) is 32.1 Å². The van der Waals surface area contributed by atoms with E-state index in [0.29, 0.717) is 19.0 Å². The molecule has 100 valence electrons. The lowest BCUT2D eigenvalue weighted by molar-refractivity contribution is 0.389. The summed E-state index contributed by atoms with van der Waals surface area (Å²) in [6.45, 7) is 5.16. The first-order valence-electron chi connectivity index (χ1n) is 6.34. The average Bonchev–Trinajstić information content (AvgIpc) is 2.35. The molecule has 0 aromatic heterocycles. The first-order valence-corrected chi connectivity index (χ1v) is 7.95. The monoisotopic (exact) mass is 260 g/mol. The summed E-state index contributed by atoms with van der Waals surface area (Å²) in [7, 11) is -1.44. The van der Waals surface area contributed by atoms with E-state index in [1.54, 1.807) is 13.1 Å². The van der Waals surface area contributed by atoms with E-state index >= 15 is 0 Å². The van der Waals surface area contributed by atoms with E-state index in [-0.39, 0.29) is 5.75 Å². The van der Waals surface area contributed by atoms with Crippen LogP contribution in [0.15, 0.2) is 12.7 Å². The van der Waals surface area contributed by atoms with Gasteiger partial charge in [-0.2, -0.15) is 0 Å². The molecule has 1 aliphatic heterocycles. The van der Waals surface area contributed by atoms with Gasteiger partial charge in [0, 0.05) is 19.6 Å². The van der Waals surface area contributed by atoms with E-state index in [1.807, 2.05) is 0 Å². The number of nitrogens with zero attached hydrogens (tertiary/aromatic N) is 1. The molecule has 0 radical (unpaired) electrons. The molecule has 1 unspecified atom stereocenters. The van der Waals surface area contributed by atoms with E-state index in [4.69, 9.17) is 0 Å². The third-order valence-electron chi connectivity index (χ3n) is 3.26. The molecule has 1 rings (SSSR count). The van der Waals surface area contributed by atoms with E-state index in [1.165, 1.54) is 17.1 Å². The number of piperidine rings is 1. The third kappa shape index (κ3) is 5.19. The van der Waals surface area contributed by atoms with Crippen LogP contribution in [0.5, 0.6) is 0 Å². The molecule has 1 N–H and O–H groups in total. The highest BCUT2D eigenvalue weighted by Gasteiger charge is 2.20. The summed E-state index contributed by atoms with van der Waals surface area (Å²) < 4.78 is 25.3. The highest BCUT2D eigenvalue weighted by molar-refractivity contribution is 7.89. The fraction of sp³-hybridized carbons (Fsp3) is 0.833. The van der Waals surface area contributed by atoms with Crippen molar-refractivity contribution in [3.8, 4) is 0 Å². The zero-order valence-electron chi connectivity index (χ0n) is 10.7. The van der Waals surface area contributed by atoms with Gasteiger partial charge in [-0.25, -0.2) is 12.7 Å². The maximum absolute atomic E-state index is 11.9.